The minimum atomic E-state index is -0.496. The molecular formula is C22H25IN2O3. The maximum atomic E-state index is 11.8. The molecule has 0 aliphatic heterocycles. The Hall–Kier alpha value is -2.40. The van der Waals surface area contributed by atoms with E-state index in [9.17, 15) is 14.9 Å². The number of hydrogen-bond acceptors (Lipinski definition) is 3. The van der Waals surface area contributed by atoms with Gasteiger partial charge in [-0.05, 0) is 31.0 Å². The summed E-state index contributed by atoms with van der Waals surface area (Å²) >= 11 is 2.41. The second-order valence-electron chi connectivity index (χ2n) is 6.09. The summed E-state index contributed by atoms with van der Waals surface area (Å²) in [5.41, 5.74) is 1.66. The molecule has 1 amide bonds. The minimum absolute atomic E-state index is 0.0814. The Kier molecular flexibility index (Phi) is 10.9. The molecule has 0 aliphatic carbocycles. The number of rotatable bonds is 5. The summed E-state index contributed by atoms with van der Waals surface area (Å²) in [6, 6.07) is 13.7. The van der Waals surface area contributed by atoms with E-state index in [1.54, 1.807) is 6.07 Å². The van der Waals surface area contributed by atoms with Gasteiger partial charge in [0, 0.05) is 33.6 Å². The average Bonchev–Trinajstić information content (AvgIpc) is 2.68. The van der Waals surface area contributed by atoms with E-state index in [0.29, 0.717) is 24.1 Å². The van der Waals surface area contributed by atoms with Gasteiger partial charge in [0.15, 0.2) is 0 Å². The third kappa shape index (κ3) is 9.00. The number of nitro benzene ring substituents is 1. The van der Waals surface area contributed by atoms with Crippen molar-refractivity contribution in [2.75, 3.05) is 5.32 Å². The molecule has 2 aromatic rings. The summed E-state index contributed by atoms with van der Waals surface area (Å²) < 4.78 is 0.854. The molecule has 2 aromatic carbocycles. The van der Waals surface area contributed by atoms with Crippen molar-refractivity contribution in [2.24, 2.45) is 0 Å². The van der Waals surface area contributed by atoms with Gasteiger partial charge >= 0.3 is 0 Å². The predicted octanol–water partition coefficient (Wildman–Crippen LogP) is 5.95. The van der Waals surface area contributed by atoms with Crippen LogP contribution in [0.25, 0.3) is 0 Å². The monoisotopic (exact) mass is 492 g/mol. The molecule has 0 spiro atoms. The van der Waals surface area contributed by atoms with Crippen LogP contribution in [0.5, 0.6) is 0 Å². The molecule has 0 saturated carbocycles. The molecule has 0 saturated heterocycles. The molecule has 0 aliphatic rings. The summed E-state index contributed by atoms with van der Waals surface area (Å²) in [5.74, 6) is 5.76. The van der Waals surface area contributed by atoms with Crippen LogP contribution in [-0.4, -0.2) is 14.8 Å². The Morgan fingerprint density at radius 1 is 1.18 bits per heavy atom. The maximum Gasteiger partial charge on any atom is 0.271 e. The number of halogens is 1. The molecule has 0 bridgehead atoms. The van der Waals surface area contributed by atoms with Gasteiger partial charge < -0.3 is 5.32 Å². The standard InChI is InChI=1S/C18H16N2O3.C4H9I/c1-2-6-18(21)19-17-13-16(20(22)23)12-11-15(17)10-9-14-7-4-3-5-8-14;1-3-4(2)5/h3-5,7-8,11-13H,2,6H2,1H3,(H,19,21);4H,3H2,1-2H3. The Morgan fingerprint density at radius 2 is 1.82 bits per heavy atom. The van der Waals surface area contributed by atoms with Crippen LogP contribution in [0, 0.1) is 22.0 Å². The van der Waals surface area contributed by atoms with E-state index in [-0.39, 0.29) is 11.6 Å². The summed E-state index contributed by atoms with van der Waals surface area (Å²) in [6.45, 7) is 6.29. The summed E-state index contributed by atoms with van der Waals surface area (Å²) in [5, 5.41) is 13.6. The van der Waals surface area contributed by atoms with Crippen LogP contribution in [0.3, 0.4) is 0 Å². The zero-order valence-electron chi connectivity index (χ0n) is 16.4. The Bertz CT molecular complexity index is 840. The fraction of sp³-hybridized carbons (Fsp3) is 0.318. The first kappa shape index (κ1) is 23.6. The van der Waals surface area contributed by atoms with Gasteiger partial charge in [-0.3, -0.25) is 14.9 Å². The molecule has 0 fully saturated rings. The van der Waals surface area contributed by atoms with Crippen LogP contribution in [0.2, 0.25) is 0 Å². The lowest BCUT2D eigenvalue weighted by atomic mass is 10.1. The molecule has 1 N–H and O–H groups in total. The quantitative estimate of drug-likeness (QED) is 0.184. The molecule has 148 valence electrons. The van der Waals surface area contributed by atoms with E-state index in [0.717, 1.165) is 9.49 Å². The number of alkyl halides is 1. The molecule has 0 heterocycles. The highest BCUT2D eigenvalue weighted by atomic mass is 127. The van der Waals surface area contributed by atoms with Crippen molar-refractivity contribution < 1.29 is 9.72 Å². The van der Waals surface area contributed by atoms with Gasteiger partial charge in [0.25, 0.3) is 5.69 Å². The van der Waals surface area contributed by atoms with Crippen LogP contribution in [-0.2, 0) is 4.79 Å². The molecule has 1 unspecified atom stereocenters. The highest BCUT2D eigenvalue weighted by molar-refractivity contribution is 14.1. The summed E-state index contributed by atoms with van der Waals surface area (Å²) in [7, 11) is 0. The molecule has 2 rings (SSSR count). The van der Waals surface area contributed by atoms with Gasteiger partial charge in [0.2, 0.25) is 5.91 Å². The van der Waals surface area contributed by atoms with Gasteiger partial charge in [-0.2, -0.15) is 0 Å². The Labute approximate surface area is 180 Å². The normalized spacial score (nSPS) is 10.6. The van der Waals surface area contributed by atoms with Crippen molar-refractivity contribution in [3.05, 3.63) is 69.8 Å². The maximum absolute atomic E-state index is 11.8. The van der Waals surface area contributed by atoms with Crippen molar-refractivity contribution in [2.45, 2.75) is 44.0 Å². The molecule has 5 nitrogen and oxygen atoms in total. The number of benzene rings is 2. The number of non-ortho nitro benzene ring substituents is 1. The lowest BCUT2D eigenvalue weighted by Gasteiger charge is -2.07. The highest BCUT2D eigenvalue weighted by Gasteiger charge is 2.11. The second-order valence-corrected chi connectivity index (χ2v) is 8.22. The lowest BCUT2D eigenvalue weighted by molar-refractivity contribution is -0.384. The third-order valence-corrected chi connectivity index (χ3v) is 4.52. The van der Waals surface area contributed by atoms with Crippen molar-refractivity contribution >= 4 is 39.9 Å². The van der Waals surface area contributed by atoms with Gasteiger partial charge in [-0.15, -0.1) is 0 Å². The van der Waals surface area contributed by atoms with Gasteiger partial charge in [-0.1, -0.05) is 73.4 Å². The van der Waals surface area contributed by atoms with E-state index in [1.807, 2.05) is 37.3 Å². The summed E-state index contributed by atoms with van der Waals surface area (Å²) in [4.78, 5) is 22.2. The van der Waals surface area contributed by atoms with Crippen LogP contribution in [0.15, 0.2) is 48.5 Å². The predicted molar refractivity (Wildman–Crippen MR) is 123 cm³/mol. The number of nitrogens with one attached hydrogen (secondary N) is 1. The lowest BCUT2D eigenvalue weighted by Crippen LogP contribution is -2.12. The molecule has 0 aromatic heterocycles. The number of nitro groups is 1. The zero-order chi connectivity index (χ0) is 20.9. The number of anilines is 1. The second kappa shape index (κ2) is 12.9. The molecule has 1 atom stereocenters. The van der Waals surface area contributed by atoms with Crippen molar-refractivity contribution in [3.8, 4) is 11.8 Å². The molecule has 6 heteroatoms. The van der Waals surface area contributed by atoms with Crippen LogP contribution >= 0.6 is 22.6 Å². The number of nitrogens with zero attached hydrogens (tertiary/aromatic N) is 1. The van der Waals surface area contributed by atoms with E-state index in [4.69, 9.17) is 0 Å². The van der Waals surface area contributed by atoms with Gasteiger partial charge in [-0.25, -0.2) is 0 Å². The third-order valence-electron chi connectivity index (χ3n) is 3.64. The number of carbonyl (C=O) groups is 1. The van der Waals surface area contributed by atoms with Crippen LogP contribution in [0.4, 0.5) is 11.4 Å². The Balaban J connectivity index is 0.000000696. The van der Waals surface area contributed by atoms with E-state index < -0.39 is 4.92 Å². The van der Waals surface area contributed by atoms with Crippen molar-refractivity contribution in [3.63, 3.8) is 0 Å². The number of amides is 1. The summed E-state index contributed by atoms with van der Waals surface area (Å²) in [6.07, 6.45) is 2.35. The zero-order valence-corrected chi connectivity index (χ0v) is 18.5. The smallest absolute Gasteiger partial charge is 0.271 e. The first-order valence-corrected chi connectivity index (χ1v) is 10.4. The topological polar surface area (TPSA) is 72.2 Å². The molecule has 28 heavy (non-hydrogen) atoms. The minimum Gasteiger partial charge on any atom is -0.325 e. The van der Waals surface area contributed by atoms with E-state index >= 15 is 0 Å². The van der Waals surface area contributed by atoms with Gasteiger partial charge in [0.05, 0.1) is 10.6 Å². The number of carbonyl (C=O) groups excluding carboxylic acids is 1. The van der Waals surface area contributed by atoms with Crippen molar-refractivity contribution in [1.29, 1.82) is 0 Å². The fourth-order valence-electron chi connectivity index (χ4n) is 1.96. The Morgan fingerprint density at radius 3 is 2.36 bits per heavy atom. The van der Waals surface area contributed by atoms with Gasteiger partial charge in [0.1, 0.15) is 0 Å². The molecular weight excluding hydrogens is 467 g/mol. The SMILES string of the molecule is CCC(C)I.CCCC(=O)Nc1cc([N+](=O)[O-])ccc1C#Cc1ccccc1. The largest absolute Gasteiger partial charge is 0.325 e. The van der Waals surface area contributed by atoms with Crippen LogP contribution < -0.4 is 5.32 Å². The average molecular weight is 492 g/mol. The van der Waals surface area contributed by atoms with Crippen molar-refractivity contribution in [1.82, 2.24) is 0 Å². The fourth-order valence-corrected chi connectivity index (χ4v) is 1.96. The van der Waals surface area contributed by atoms with Crippen LogP contribution in [0.1, 0.15) is 51.2 Å². The highest BCUT2D eigenvalue weighted by Crippen LogP contribution is 2.22. The van der Waals surface area contributed by atoms with E-state index in [1.165, 1.54) is 18.6 Å². The van der Waals surface area contributed by atoms with E-state index in [2.05, 4.69) is 53.6 Å². The first-order chi connectivity index (χ1) is 13.4. The molecule has 0 radical (unpaired) electrons. The first-order valence-electron chi connectivity index (χ1n) is 9.16. The number of hydrogen-bond donors (Lipinski definition) is 1.